The molecule has 6 heteroatoms. The molecule has 2 aliphatic heterocycles. The monoisotopic (exact) mass is 367 g/mol. The van der Waals surface area contributed by atoms with Gasteiger partial charge in [0.25, 0.3) is 5.91 Å². The highest BCUT2D eigenvalue weighted by atomic mass is 35.5. The number of para-hydroxylation sites is 1. The van der Waals surface area contributed by atoms with E-state index in [1.54, 1.807) is 0 Å². The smallest absolute Gasteiger partial charge is 0.262 e. The van der Waals surface area contributed by atoms with Crippen molar-refractivity contribution in [1.82, 2.24) is 4.90 Å². The standard InChI is InChI=1S/C20H18ClN3O2/c21-14-8-6-13(7-9-14)16-12-17(25)18(19-22-10-11-24(16)19)20(26)23-15-4-2-1-3-5-15/h1-9,16,25H,10-12H2,(H,23,26). The van der Waals surface area contributed by atoms with Crippen LogP contribution in [0.15, 0.2) is 70.9 Å². The van der Waals surface area contributed by atoms with Crippen LogP contribution in [0.4, 0.5) is 5.69 Å². The number of aliphatic imine (C=N–C) groups is 1. The highest BCUT2D eigenvalue weighted by Crippen LogP contribution is 2.36. The molecule has 2 aromatic rings. The Balaban J connectivity index is 1.65. The third kappa shape index (κ3) is 3.06. The Morgan fingerprint density at radius 2 is 1.88 bits per heavy atom. The van der Waals surface area contributed by atoms with Gasteiger partial charge in [-0.3, -0.25) is 9.79 Å². The first-order valence-corrected chi connectivity index (χ1v) is 8.87. The molecule has 0 fully saturated rings. The second-order valence-electron chi connectivity index (χ2n) is 6.31. The van der Waals surface area contributed by atoms with Gasteiger partial charge in [0, 0.05) is 23.7 Å². The summed E-state index contributed by atoms with van der Waals surface area (Å²) >= 11 is 5.98. The number of aliphatic hydroxyl groups excluding tert-OH is 1. The van der Waals surface area contributed by atoms with Gasteiger partial charge < -0.3 is 15.3 Å². The lowest BCUT2D eigenvalue weighted by Crippen LogP contribution is -2.41. The number of hydrogen-bond donors (Lipinski definition) is 2. The van der Waals surface area contributed by atoms with E-state index in [1.165, 1.54) is 0 Å². The predicted molar refractivity (Wildman–Crippen MR) is 103 cm³/mol. The molecule has 1 atom stereocenters. The lowest BCUT2D eigenvalue weighted by molar-refractivity contribution is -0.112. The number of amides is 1. The maximum absolute atomic E-state index is 12.8. The minimum atomic E-state index is -0.339. The number of anilines is 1. The summed E-state index contributed by atoms with van der Waals surface area (Å²) in [4.78, 5) is 19.3. The lowest BCUT2D eigenvalue weighted by atomic mass is 9.93. The van der Waals surface area contributed by atoms with Crippen molar-refractivity contribution >= 4 is 29.0 Å². The molecule has 0 saturated carbocycles. The topological polar surface area (TPSA) is 64.9 Å². The van der Waals surface area contributed by atoms with Gasteiger partial charge in [0.15, 0.2) is 0 Å². The van der Waals surface area contributed by atoms with Crippen LogP contribution in [0.1, 0.15) is 18.0 Å². The van der Waals surface area contributed by atoms with Gasteiger partial charge in [-0.15, -0.1) is 0 Å². The van der Waals surface area contributed by atoms with E-state index in [4.69, 9.17) is 11.6 Å². The summed E-state index contributed by atoms with van der Waals surface area (Å²) in [7, 11) is 0. The number of aliphatic hydroxyl groups is 1. The molecule has 2 heterocycles. The Labute approximate surface area is 156 Å². The Morgan fingerprint density at radius 1 is 1.15 bits per heavy atom. The van der Waals surface area contributed by atoms with E-state index in [-0.39, 0.29) is 23.3 Å². The van der Waals surface area contributed by atoms with Gasteiger partial charge in [-0.1, -0.05) is 41.9 Å². The van der Waals surface area contributed by atoms with Crippen LogP contribution in [0.2, 0.25) is 5.02 Å². The normalized spacial score (nSPS) is 19.2. The van der Waals surface area contributed by atoms with E-state index in [0.717, 1.165) is 12.1 Å². The number of rotatable bonds is 3. The third-order valence-corrected chi connectivity index (χ3v) is 4.92. The molecule has 2 aliphatic rings. The summed E-state index contributed by atoms with van der Waals surface area (Å²) in [5, 5.41) is 14.1. The van der Waals surface area contributed by atoms with E-state index in [2.05, 4.69) is 15.2 Å². The largest absolute Gasteiger partial charge is 0.511 e. The fourth-order valence-corrected chi connectivity index (χ4v) is 3.57. The van der Waals surface area contributed by atoms with Crippen molar-refractivity contribution in [2.45, 2.75) is 12.5 Å². The first-order valence-electron chi connectivity index (χ1n) is 8.49. The highest BCUT2D eigenvalue weighted by molar-refractivity contribution is 6.30. The number of fused-ring (bicyclic) bond motifs is 1. The van der Waals surface area contributed by atoms with Crippen molar-refractivity contribution < 1.29 is 9.90 Å². The van der Waals surface area contributed by atoms with Crippen LogP contribution in [0.25, 0.3) is 0 Å². The zero-order valence-corrected chi connectivity index (χ0v) is 14.8. The summed E-state index contributed by atoms with van der Waals surface area (Å²) in [6.45, 7) is 1.33. The van der Waals surface area contributed by atoms with Gasteiger partial charge in [0.1, 0.15) is 17.2 Å². The van der Waals surface area contributed by atoms with Gasteiger partial charge in [0.05, 0.1) is 12.6 Å². The molecule has 26 heavy (non-hydrogen) atoms. The minimum absolute atomic E-state index is 0.0539. The quantitative estimate of drug-likeness (QED) is 0.863. The van der Waals surface area contributed by atoms with Crippen LogP contribution >= 0.6 is 11.6 Å². The van der Waals surface area contributed by atoms with E-state index in [1.807, 2.05) is 54.6 Å². The second kappa shape index (κ2) is 6.84. The van der Waals surface area contributed by atoms with Crippen LogP contribution in [0.3, 0.4) is 0 Å². The number of nitrogens with one attached hydrogen (secondary N) is 1. The van der Waals surface area contributed by atoms with Gasteiger partial charge in [0.2, 0.25) is 0 Å². The number of benzene rings is 2. The Hall–Kier alpha value is -2.79. The maximum Gasteiger partial charge on any atom is 0.262 e. The molecule has 0 bridgehead atoms. The van der Waals surface area contributed by atoms with E-state index in [0.29, 0.717) is 29.5 Å². The van der Waals surface area contributed by atoms with Crippen molar-refractivity contribution in [2.24, 2.45) is 4.99 Å². The average Bonchev–Trinajstić information content (AvgIpc) is 3.11. The molecule has 0 radical (unpaired) electrons. The number of amidine groups is 1. The number of halogens is 1. The summed E-state index contributed by atoms with van der Waals surface area (Å²) in [5.41, 5.74) is 1.98. The average molecular weight is 368 g/mol. The van der Waals surface area contributed by atoms with Gasteiger partial charge in [-0.05, 0) is 29.8 Å². The molecule has 1 unspecified atom stereocenters. The first kappa shape index (κ1) is 16.7. The summed E-state index contributed by atoms with van der Waals surface area (Å²) in [6.07, 6.45) is 0.359. The van der Waals surface area contributed by atoms with Crippen molar-refractivity contribution in [3.8, 4) is 0 Å². The van der Waals surface area contributed by atoms with Crippen molar-refractivity contribution in [3.05, 3.63) is 76.5 Å². The molecular formula is C20H18ClN3O2. The molecule has 2 aromatic carbocycles. The van der Waals surface area contributed by atoms with Gasteiger partial charge >= 0.3 is 0 Å². The molecule has 0 aliphatic carbocycles. The molecule has 0 spiro atoms. The number of carbonyl (C=O) groups excluding carboxylic acids is 1. The molecule has 1 amide bonds. The fourth-order valence-electron chi connectivity index (χ4n) is 3.44. The molecule has 132 valence electrons. The molecule has 2 N–H and O–H groups in total. The van der Waals surface area contributed by atoms with Crippen LogP contribution in [-0.2, 0) is 4.79 Å². The molecular weight excluding hydrogens is 350 g/mol. The molecule has 4 rings (SSSR count). The zero-order valence-electron chi connectivity index (χ0n) is 14.0. The van der Waals surface area contributed by atoms with Crippen LogP contribution in [-0.4, -0.2) is 34.8 Å². The van der Waals surface area contributed by atoms with Crippen molar-refractivity contribution in [2.75, 3.05) is 18.4 Å². The SMILES string of the molecule is O=C(Nc1ccccc1)C1=C(O)CC(c2ccc(Cl)cc2)N2CCN=C12. The summed E-state index contributed by atoms with van der Waals surface area (Å²) < 4.78 is 0. The van der Waals surface area contributed by atoms with Gasteiger partial charge in [-0.2, -0.15) is 0 Å². The van der Waals surface area contributed by atoms with Gasteiger partial charge in [-0.25, -0.2) is 0 Å². The number of carbonyl (C=O) groups is 1. The van der Waals surface area contributed by atoms with Crippen molar-refractivity contribution in [3.63, 3.8) is 0 Å². The van der Waals surface area contributed by atoms with Crippen LogP contribution < -0.4 is 5.32 Å². The Bertz CT molecular complexity index is 891. The maximum atomic E-state index is 12.8. The second-order valence-corrected chi connectivity index (χ2v) is 6.75. The number of nitrogens with zero attached hydrogens (tertiary/aromatic N) is 2. The predicted octanol–water partition coefficient (Wildman–Crippen LogP) is 3.95. The van der Waals surface area contributed by atoms with Crippen LogP contribution in [0.5, 0.6) is 0 Å². The first-order chi connectivity index (χ1) is 12.6. The van der Waals surface area contributed by atoms with E-state index >= 15 is 0 Å². The van der Waals surface area contributed by atoms with E-state index in [9.17, 15) is 9.90 Å². The molecule has 5 nitrogen and oxygen atoms in total. The zero-order chi connectivity index (χ0) is 18.1. The Kier molecular flexibility index (Phi) is 4.39. The third-order valence-electron chi connectivity index (χ3n) is 4.66. The lowest BCUT2D eigenvalue weighted by Gasteiger charge is -2.35. The highest BCUT2D eigenvalue weighted by Gasteiger charge is 2.38. The minimum Gasteiger partial charge on any atom is -0.511 e. The summed E-state index contributed by atoms with van der Waals surface area (Å²) in [5.74, 6) is 0.284. The summed E-state index contributed by atoms with van der Waals surface area (Å²) in [6, 6.07) is 16.7. The van der Waals surface area contributed by atoms with E-state index < -0.39 is 0 Å². The van der Waals surface area contributed by atoms with Crippen LogP contribution in [0, 0.1) is 0 Å². The fraction of sp³-hybridized carbons (Fsp3) is 0.200. The molecule has 0 saturated heterocycles. The molecule has 0 aromatic heterocycles. The number of hydrogen-bond acceptors (Lipinski definition) is 4. The Morgan fingerprint density at radius 3 is 2.62 bits per heavy atom. The van der Waals surface area contributed by atoms with Crippen molar-refractivity contribution in [1.29, 1.82) is 0 Å².